The van der Waals surface area contributed by atoms with Gasteiger partial charge in [-0.2, -0.15) is 5.26 Å². The first kappa shape index (κ1) is 12.4. The zero-order valence-corrected chi connectivity index (χ0v) is 8.54. The molecule has 13 heavy (non-hydrogen) atoms. The maximum Gasteiger partial charge on any atom is 0.100 e. The number of nitrogens with zero attached hydrogens (tertiary/aromatic N) is 1. The quantitative estimate of drug-likeness (QED) is 0.585. The minimum Gasteiger partial charge on any atom is -0.384 e. The molecule has 0 radical (unpaired) electrons. The molecule has 0 bridgehead atoms. The van der Waals surface area contributed by atoms with E-state index in [4.69, 9.17) is 14.7 Å². The fourth-order valence-corrected chi connectivity index (χ4v) is 1.05. The fourth-order valence-electron chi connectivity index (χ4n) is 1.05. The molecular weight excluding hydrogens is 168 g/mol. The summed E-state index contributed by atoms with van der Waals surface area (Å²) in [4.78, 5) is 0. The van der Waals surface area contributed by atoms with Crippen molar-refractivity contribution in [2.45, 2.75) is 13.0 Å². The summed E-state index contributed by atoms with van der Waals surface area (Å²) < 4.78 is 9.84. The number of hydrogen-bond acceptors (Lipinski definition) is 4. The molecule has 0 aromatic carbocycles. The van der Waals surface area contributed by atoms with Crippen LogP contribution in [0.5, 0.6) is 0 Å². The molecule has 0 saturated heterocycles. The Bertz CT molecular complexity index is 156. The van der Waals surface area contributed by atoms with Crippen molar-refractivity contribution < 1.29 is 9.47 Å². The van der Waals surface area contributed by atoms with Crippen molar-refractivity contribution in [3.63, 3.8) is 0 Å². The van der Waals surface area contributed by atoms with Gasteiger partial charge < -0.3 is 9.47 Å². The van der Waals surface area contributed by atoms with Gasteiger partial charge in [-0.1, -0.05) is 6.92 Å². The second-order valence-corrected chi connectivity index (χ2v) is 2.99. The summed E-state index contributed by atoms with van der Waals surface area (Å²) in [6.45, 7) is 3.90. The Morgan fingerprint density at radius 3 is 2.54 bits per heavy atom. The third-order valence-electron chi connectivity index (χ3n) is 1.81. The molecular formula is C9H18N2O2. The maximum absolute atomic E-state index is 8.81. The highest BCUT2D eigenvalue weighted by atomic mass is 16.5. The summed E-state index contributed by atoms with van der Waals surface area (Å²) in [6.07, 6.45) is 0. The van der Waals surface area contributed by atoms with Crippen molar-refractivity contribution >= 4 is 0 Å². The van der Waals surface area contributed by atoms with E-state index >= 15 is 0 Å². The molecule has 0 aromatic heterocycles. The Labute approximate surface area is 79.8 Å². The van der Waals surface area contributed by atoms with Crippen molar-refractivity contribution in [1.29, 1.82) is 5.26 Å². The predicted molar refractivity (Wildman–Crippen MR) is 50.3 cm³/mol. The van der Waals surface area contributed by atoms with Crippen molar-refractivity contribution in [1.82, 2.24) is 5.32 Å². The van der Waals surface area contributed by atoms with E-state index in [-0.39, 0.29) is 12.0 Å². The van der Waals surface area contributed by atoms with Gasteiger partial charge in [0.2, 0.25) is 0 Å². The normalized spacial score (nSPS) is 14.9. The van der Waals surface area contributed by atoms with E-state index in [0.29, 0.717) is 19.8 Å². The lowest BCUT2D eigenvalue weighted by atomic mass is 10.0. The summed E-state index contributed by atoms with van der Waals surface area (Å²) in [6, 6.07) is 2.04. The van der Waals surface area contributed by atoms with Crippen LogP contribution in [0.4, 0.5) is 0 Å². The van der Waals surface area contributed by atoms with Crippen LogP contribution in [-0.4, -0.2) is 40.0 Å². The van der Waals surface area contributed by atoms with Crippen LogP contribution in [0.25, 0.3) is 0 Å². The Kier molecular flexibility index (Phi) is 7.60. The number of ether oxygens (including phenoxy) is 2. The van der Waals surface area contributed by atoms with Gasteiger partial charge in [-0.25, -0.2) is 0 Å². The highest BCUT2D eigenvalue weighted by molar-refractivity contribution is 4.93. The molecule has 2 unspecified atom stereocenters. The Balaban J connectivity index is 3.68. The van der Waals surface area contributed by atoms with Gasteiger partial charge >= 0.3 is 0 Å². The van der Waals surface area contributed by atoms with Crippen LogP contribution in [-0.2, 0) is 9.47 Å². The molecule has 0 aliphatic rings. The number of nitrogens with one attached hydrogen (secondary N) is 1. The van der Waals surface area contributed by atoms with E-state index in [9.17, 15) is 0 Å². The SMILES string of the molecule is COCCNC(C#N)C(C)COC. The maximum atomic E-state index is 8.81. The van der Waals surface area contributed by atoms with E-state index in [2.05, 4.69) is 11.4 Å². The summed E-state index contributed by atoms with van der Waals surface area (Å²) in [5.74, 6) is 0.201. The Morgan fingerprint density at radius 1 is 1.38 bits per heavy atom. The third kappa shape index (κ3) is 5.58. The van der Waals surface area contributed by atoms with Gasteiger partial charge in [0.1, 0.15) is 6.04 Å². The summed E-state index contributed by atoms with van der Waals surface area (Å²) >= 11 is 0. The molecule has 0 saturated carbocycles. The fraction of sp³-hybridized carbons (Fsp3) is 0.889. The largest absolute Gasteiger partial charge is 0.384 e. The lowest BCUT2D eigenvalue weighted by Gasteiger charge is -2.17. The predicted octanol–water partition coefficient (Wildman–Crippen LogP) is 0.397. The van der Waals surface area contributed by atoms with E-state index in [0.717, 1.165) is 0 Å². The van der Waals surface area contributed by atoms with E-state index in [1.165, 1.54) is 0 Å². The van der Waals surface area contributed by atoms with E-state index in [1.807, 2.05) is 6.92 Å². The second kappa shape index (κ2) is 7.99. The van der Waals surface area contributed by atoms with E-state index in [1.54, 1.807) is 14.2 Å². The van der Waals surface area contributed by atoms with Crippen LogP contribution in [0.15, 0.2) is 0 Å². The molecule has 0 spiro atoms. The van der Waals surface area contributed by atoms with Crippen molar-refractivity contribution in [2.24, 2.45) is 5.92 Å². The van der Waals surface area contributed by atoms with Crippen LogP contribution < -0.4 is 5.32 Å². The van der Waals surface area contributed by atoms with Gasteiger partial charge in [-0.3, -0.25) is 5.32 Å². The molecule has 0 fully saturated rings. The van der Waals surface area contributed by atoms with Crippen molar-refractivity contribution in [3.05, 3.63) is 0 Å². The van der Waals surface area contributed by atoms with Gasteiger partial charge in [0, 0.05) is 26.7 Å². The molecule has 0 aliphatic carbocycles. The minimum absolute atomic E-state index is 0.157. The first-order chi connectivity index (χ1) is 6.26. The third-order valence-corrected chi connectivity index (χ3v) is 1.81. The molecule has 0 aromatic rings. The van der Waals surface area contributed by atoms with Gasteiger partial charge in [0.15, 0.2) is 0 Å². The molecule has 1 N–H and O–H groups in total. The topological polar surface area (TPSA) is 54.3 Å². The van der Waals surface area contributed by atoms with Crippen LogP contribution in [0.3, 0.4) is 0 Å². The summed E-state index contributed by atoms with van der Waals surface area (Å²) in [7, 11) is 3.28. The number of hydrogen-bond donors (Lipinski definition) is 1. The highest BCUT2D eigenvalue weighted by Crippen LogP contribution is 2.01. The standard InChI is InChI=1S/C9H18N2O2/c1-8(7-13-3)9(6-10)11-4-5-12-2/h8-9,11H,4-5,7H2,1-3H3. The molecule has 0 aliphatic heterocycles. The van der Waals surface area contributed by atoms with Gasteiger partial charge in [-0.05, 0) is 0 Å². The first-order valence-corrected chi connectivity index (χ1v) is 4.37. The number of methoxy groups -OCH3 is 2. The van der Waals surface area contributed by atoms with Crippen molar-refractivity contribution in [2.75, 3.05) is 34.0 Å². The van der Waals surface area contributed by atoms with Crippen LogP contribution in [0, 0.1) is 17.2 Å². The summed E-state index contributed by atoms with van der Waals surface area (Å²) in [5, 5.41) is 11.9. The molecule has 76 valence electrons. The van der Waals surface area contributed by atoms with Crippen LogP contribution in [0.2, 0.25) is 0 Å². The molecule has 4 heteroatoms. The van der Waals surface area contributed by atoms with Crippen LogP contribution >= 0.6 is 0 Å². The average molecular weight is 186 g/mol. The highest BCUT2D eigenvalue weighted by Gasteiger charge is 2.14. The molecule has 0 heterocycles. The lowest BCUT2D eigenvalue weighted by Crippen LogP contribution is -2.37. The smallest absolute Gasteiger partial charge is 0.100 e. The number of nitriles is 1. The average Bonchev–Trinajstić information content (AvgIpc) is 2.13. The first-order valence-electron chi connectivity index (χ1n) is 4.37. The van der Waals surface area contributed by atoms with Gasteiger partial charge in [0.05, 0.1) is 19.3 Å². The lowest BCUT2D eigenvalue weighted by molar-refractivity contribution is 0.144. The molecule has 0 amide bonds. The Morgan fingerprint density at radius 2 is 2.08 bits per heavy atom. The molecule has 0 rings (SSSR count). The van der Waals surface area contributed by atoms with Crippen molar-refractivity contribution in [3.8, 4) is 6.07 Å². The Hall–Kier alpha value is -0.630. The van der Waals surface area contributed by atoms with E-state index < -0.39 is 0 Å². The molecule has 4 nitrogen and oxygen atoms in total. The van der Waals surface area contributed by atoms with Crippen LogP contribution in [0.1, 0.15) is 6.92 Å². The second-order valence-electron chi connectivity index (χ2n) is 2.99. The molecule has 2 atom stereocenters. The zero-order chi connectivity index (χ0) is 10.1. The van der Waals surface area contributed by atoms with Gasteiger partial charge in [0.25, 0.3) is 0 Å². The monoisotopic (exact) mass is 186 g/mol. The minimum atomic E-state index is -0.157. The summed E-state index contributed by atoms with van der Waals surface area (Å²) in [5.41, 5.74) is 0. The van der Waals surface area contributed by atoms with Gasteiger partial charge in [-0.15, -0.1) is 0 Å². The zero-order valence-electron chi connectivity index (χ0n) is 8.54. The number of rotatable bonds is 7.